The molecule has 0 aliphatic rings. The van der Waals surface area contributed by atoms with Crippen molar-refractivity contribution in [2.24, 2.45) is 0 Å². The molecule has 0 saturated heterocycles. The van der Waals surface area contributed by atoms with E-state index in [-0.39, 0.29) is 0 Å². The predicted molar refractivity (Wildman–Crippen MR) is 97.0 cm³/mol. The number of carboxylic acids is 1. The van der Waals surface area contributed by atoms with Gasteiger partial charge < -0.3 is 9.84 Å². The van der Waals surface area contributed by atoms with Gasteiger partial charge in [0.1, 0.15) is 0 Å². The first-order chi connectivity index (χ1) is 10.9. The fourth-order valence-corrected chi connectivity index (χ4v) is 0.672. The number of esters is 1. The lowest BCUT2D eigenvalue weighted by atomic mass is 10.2. The van der Waals surface area contributed by atoms with Crippen LogP contribution in [0.1, 0.15) is 5.56 Å². The van der Waals surface area contributed by atoms with E-state index in [4.69, 9.17) is 5.11 Å². The third kappa shape index (κ3) is 27.9. The molecule has 0 aromatic heterocycles. The van der Waals surface area contributed by atoms with Gasteiger partial charge in [-0.2, -0.15) is 0 Å². The number of aliphatic carboxylic acids is 1. The normalized spacial score (nSPS) is 7.00. The number of benzene rings is 1. The number of allylic oxidation sites excluding steroid dienone is 2. The zero-order valence-corrected chi connectivity index (χ0v) is 13.5. The van der Waals surface area contributed by atoms with E-state index in [0.29, 0.717) is 0 Å². The predicted octanol–water partition coefficient (Wildman–Crippen LogP) is 4.29. The second-order valence-electron chi connectivity index (χ2n) is 3.36. The van der Waals surface area contributed by atoms with Crippen molar-refractivity contribution in [3.8, 4) is 0 Å². The molecule has 0 aliphatic carbocycles. The van der Waals surface area contributed by atoms with Crippen molar-refractivity contribution < 1.29 is 19.4 Å². The van der Waals surface area contributed by atoms with E-state index in [1.165, 1.54) is 12.7 Å². The lowest BCUT2D eigenvalue weighted by molar-refractivity contribution is -0.135. The third-order valence-electron chi connectivity index (χ3n) is 1.74. The maximum Gasteiger partial charge on any atom is 0.329 e. The summed E-state index contributed by atoms with van der Waals surface area (Å²) in [4.78, 5) is 19.1. The molecule has 0 fully saturated rings. The highest BCUT2D eigenvalue weighted by molar-refractivity contribution is 5.80. The zero-order valence-electron chi connectivity index (χ0n) is 13.5. The summed E-state index contributed by atoms with van der Waals surface area (Å²) in [6.07, 6.45) is 7.06. The van der Waals surface area contributed by atoms with E-state index in [1.807, 2.05) is 36.4 Å². The molecule has 0 spiro atoms. The quantitative estimate of drug-likeness (QED) is 0.511. The molecule has 0 unspecified atom stereocenters. The zero-order chi connectivity index (χ0) is 18.5. The molecule has 4 nitrogen and oxygen atoms in total. The lowest BCUT2D eigenvalue weighted by Gasteiger charge is -1.85. The Kier molecular flexibility index (Phi) is 22.9. The summed E-state index contributed by atoms with van der Waals surface area (Å²) in [5, 5.41) is 7.60. The van der Waals surface area contributed by atoms with Gasteiger partial charge in [0.05, 0.1) is 7.11 Å². The van der Waals surface area contributed by atoms with Crippen LogP contribution in [0.2, 0.25) is 0 Å². The Hall–Kier alpha value is -3.14. The Labute approximate surface area is 138 Å². The number of hydrogen-bond donors (Lipinski definition) is 1. The maximum atomic E-state index is 9.84. The SMILES string of the molecule is C=CC(=O)O.C=CC(=O)OC.C=CC=C.C=Cc1ccccc1. The van der Waals surface area contributed by atoms with Crippen molar-refractivity contribution in [1.29, 1.82) is 0 Å². The number of rotatable bonds is 4. The molecule has 0 heterocycles. The highest BCUT2D eigenvalue weighted by Gasteiger charge is 1.82. The number of methoxy groups -OCH3 is 1. The highest BCUT2D eigenvalue weighted by atomic mass is 16.5. The van der Waals surface area contributed by atoms with Crippen LogP contribution >= 0.6 is 0 Å². The van der Waals surface area contributed by atoms with Crippen LogP contribution < -0.4 is 0 Å². The van der Waals surface area contributed by atoms with Crippen molar-refractivity contribution in [1.82, 2.24) is 0 Å². The first-order valence-electron chi connectivity index (χ1n) is 6.40. The van der Waals surface area contributed by atoms with Crippen LogP contribution in [0.25, 0.3) is 6.08 Å². The molecule has 0 radical (unpaired) electrons. The summed E-state index contributed by atoms with van der Waals surface area (Å²) in [6.45, 7) is 16.5. The average molecular weight is 316 g/mol. The van der Waals surface area contributed by atoms with E-state index < -0.39 is 11.9 Å². The minimum atomic E-state index is -0.981. The Balaban J connectivity index is -0.000000242. The number of ether oxygens (including phenoxy) is 1. The fraction of sp³-hybridized carbons (Fsp3) is 0.0526. The van der Waals surface area contributed by atoms with E-state index in [2.05, 4.69) is 37.6 Å². The van der Waals surface area contributed by atoms with Crippen molar-refractivity contribution in [2.75, 3.05) is 7.11 Å². The van der Waals surface area contributed by atoms with Gasteiger partial charge in [0, 0.05) is 12.2 Å². The van der Waals surface area contributed by atoms with Gasteiger partial charge in [-0.05, 0) is 5.56 Å². The van der Waals surface area contributed by atoms with Crippen LogP contribution in [0, 0.1) is 0 Å². The monoisotopic (exact) mass is 316 g/mol. The molecular formula is C19H24O4. The Bertz CT molecular complexity index is 481. The molecule has 1 aromatic carbocycles. The largest absolute Gasteiger partial charge is 0.478 e. The van der Waals surface area contributed by atoms with Gasteiger partial charge in [0.2, 0.25) is 0 Å². The molecule has 23 heavy (non-hydrogen) atoms. The number of carbonyl (C=O) groups excluding carboxylic acids is 1. The topological polar surface area (TPSA) is 63.6 Å². The van der Waals surface area contributed by atoms with Crippen molar-refractivity contribution in [2.45, 2.75) is 0 Å². The lowest BCUT2D eigenvalue weighted by Crippen LogP contribution is -1.91. The summed E-state index contributed by atoms with van der Waals surface area (Å²) >= 11 is 0. The molecule has 4 heteroatoms. The summed E-state index contributed by atoms with van der Waals surface area (Å²) in [7, 11) is 1.31. The average Bonchev–Trinajstić information content (AvgIpc) is 2.62. The number of carboxylic acid groups (broad SMARTS) is 1. The van der Waals surface area contributed by atoms with Crippen LogP contribution in [0.5, 0.6) is 0 Å². The van der Waals surface area contributed by atoms with Gasteiger partial charge in [-0.1, -0.05) is 81.5 Å². The summed E-state index contributed by atoms with van der Waals surface area (Å²) in [5.74, 6) is -1.37. The van der Waals surface area contributed by atoms with Crippen molar-refractivity contribution >= 4 is 18.0 Å². The van der Waals surface area contributed by atoms with Crippen LogP contribution in [0.3, 0.4) is 0 Å². The van der Waals surface area contributed by atoms with Gasteiger partial charge in [-0.3, -0.25) is 0 Å². The van der Waals surface area contributed by atoms with E-state index in [0.717, 1.165) is 12.2 Å². The van der Waals surface area contributed by atoms with E-state index in [1.54, 1.807) is 12.2 Å². The maximum absolute atomic E-state index is 9.84. The number of carbonyl (C=O) groups is 2. The van der Waals surface area contributed by atoms with E-state index in [9.17, 15) is 9.59 Å². The second-order valence-corrected chi connectivity index (χ2v) is 3.36. The third-order valence-corrected chi connectivity index (χ3v) is 1.74. The Morgan fingerprint density at radius 3 is 1.52 bits per heavy atom. The molecule has 1 N–H and O–H groups in total. The van der Waals surface area contributed by atoms with Crippen LogP contribution in [-0.4, -0.2) is 24.2 Å². The second kappa shape index (κ2) is 21.2. The first kappa shape index (κ1) is 24.9. The van der Waals surface area contributed by atoms with Crippen molar-refractivity contribution in [3.05, 3.63) is 93.1 Å². The summed E-state index contributed by atoms with van der Waals surface area (Å²) in [5.41, 5.74) is 1.17. The summed E-state index contributed by atoms with van der Waals surface area (Å²) in [6, 6.07) is 10.0. The summed E-state index contributed by atoms with van der Waals surface area (Å²) < 4.78 is 4.14. The molecule has 124 valence electrons. The van der Waals surface area contributed by atoms with Gasteiger partial charge in [0.15, 0.2) is 0 Å². The molecule has 0 aliphatic heterocycles. The minimum absolute atomic E-state index is 0.394. The van der Waals surface area contributed by atoms with Gasteiger partial charge in [-0.15, -0.1) is 0 Å². The molecular weight excluding hydrogens is 292 g/mol. The Morgan fingerprint density at radius 1 is 0.957 bits per heavy atom. The minimum Gasteiger partial charge on any atom is -0.478 e. The highest BCUT2D eigenvalue weighted by Crippen LogP contribution is 1.97. The smallest absolute Gasteiger partial charge is 0.329 e. The van der Waals surface area contributed by atoms with Crippen LogP contribution in [0.15, 0.2) is 87.5 Å². The molecule has 0 amide bonds. The van der Waals surface area contributed by atoms with Gasteiger partial charge >= 0.3 is 11.9 Å². The molecule has 0 saturated carbocycles. The molecule has 0 atom stereocenters. The van der Waals surface area contributed by atoms with Crippen LogP contribution in [-0.2, 0) is 14.3 Å². The van der Waals surface area contributed by atoms with Crippen LogP contribution in [0.4, 0.5) is 0 Å². The molecule has 1 aromatic rings. The van der Waals surface area contributed by atoms with E-state index >= 15 is 0 Å². The fourth-order valence-electron chi connectivity index (χ4n) is 0.672. The standard InChI is InChI=1S/C8H8.C4H6O2.C4H6.C3H4O2/c1-2-8-6-4-3-5-7-8;1-3-4(5)6-2;1-3-4-2;1-2-3(4)5/h2-7H,1H2;3H,1H2,2H3;3-4H,1-2H2;2H,1H2,(H,4,5). The first-order valence-corrected chi connectivity index (χ1v) is 6.40. The van der Waals surface area contributed by atoms with Gasteiger partial charge in [0.25, 0.3) is 0 Å². The molecule has 1 rings (SSSR count). The van der Waals surface area contributed by atoms with Gasteiger partial charge in [-0.25, -0.2) is 9.59 Å². The van der Waals surface area contributed by atoms with Crippen molar-refractivity contribution in [3.63, 3.8) is 0 Å². The Morgan fingerprint density at radius 2 is 1.39 bits per heavy atom. The molecule has 0 bridgehead atoms. The number of hydrogen-bond acceptors (Lipinski definition) is 3.